The molecule has 0 saturated heterocycles. The summed E-state index contributed by atoms with van der Waals surface area (Å²) in [5.74, 6) is -0.645. The summed E-state index contributed by atoms with van der Waals surface area (Å²) in [6.45, 7) is 1.66. The van der Waals surface area contributed by atoms with Crippen LogP contribution in [-0.4, -0.2) is 8.42 Å². The Kier molecular flexibility index (Phi) is 4.01. The molecular weight excluding hydrogens is 301 g/mol. The second-order valence-corrected chi connectivity index (χ2v) is 6.88. The van der Waals surface area contributed by atoms with Gasteiger partial charge in [-0.05, 0) is 48.4 Å². The molecule has 0 spiro atoms. The van der Waals surface area contributed by atoms with E-state index in [9.17, 15) is 12.8 Å². The lowest BCUT2D eigenvalue weighted by Gasteiger charge is -2.09. The van der Waals surface area contributed by atoms with Gasteiger partial charge in [-0.3, -0.25) is 0 Å². The molecule has 2 aromatic rings. The maximum absolute atomic E-state index is 13.0. The number of anilines is 1. The van der Waals surface area contributed by atoms with Gasteiger partial charge < -0.3 is 5.73 Å². The molecule has 2 rings (SSSR count). The van der Waals surface area contributed by atoms with E-state index in [1.165, 1.54) is 36.4 Å². The number of hydrogen-bond donors (Lipinski definition) is 1. The molecule has 0 heterocycles. The van der Waals surface area contributed by atoms with Crippen LogP contribution in [0.4, 0.5) is 10.1 Å². The van der Waals surface area contributed by atoms with Gasteiger partial charge in [-0.2, -0.15) is 0 Å². The van der Waals surface area contributed by atoms with Gasteiger partial charge in [0, 0.05) is 5.69 Å². The highest BCUT2D eigenvalue weighted by Crippen LogP contribution is 2.27. The fourth-order valence-corrected chi connectivity index (χ4v) is 3.90. The third-order valence-electron chi connectivity index (χ3n) is 2.94. The predicted molar refractivity (Wildman–Crippen MR) is 77.9 cm³/mol. The molecule has 0 saturated carbocycles. The van der Waals surface area contributed by atoms with Gasteiger partial charge in [0.2, 0.25) is 0 Å². The van der Waals surface area contributed by atoms with Crippen molar-refractivity contribution in [3.8, 4) is 0 Å². The Bertz CT molecular complexity index is 760. The summed E-state index contributed by atoms with van der Waals surface area (Å²) in [6.07, 6.45) is 0. The average molecular weight is 314 g/mol. The van der Waals surface area contributed by atoms with E-state index < -0.39 is 15.7 Å². The highest BCUT2D eigenvalue weighted by Gasteiger charge is 2.20. The molecule has 0 atom stereocenters. The van der Waals surface area contributed by atoms with Crippen LogP contribution in [0.5, 0.6) is 0 Å². The van der Waals surface area contributed by atoms with Crippen LogP contribution in [0.25, 0.3) is 0 Å². The minimum Gasteiger partial charge on any atom is -0.399 e. The van der Waals surface area contributed by atoms with Crippen molar-refractivity contribution in [1.29, 1.82) is 0 Å². The summed E-state index contributed by atoms with van der Waals surface area (Å²) < 4.78 is 37.8. The van der Waals surface area contributed by atoms with Crippen LogP contribution in [0.1, 0.15) is 11.1 Å². The molecule has 0 aliphatic rings. The fourth-order valence-electron chi connectivity index (χ4n) is 1.86. The van der Waals surface area contributed by atoms with Gasteiger partial charge in [-0.1, -0.05) is 17.7 Å². The molecule has 0 unspecified atom stereocenters. The fraction of sp³-hybridized carbons (Fsp3) is 0.143. The minimum atomic E-state index is -3.64. The molecule has 0 fully saturated rings. The number of nitrogens with two attached hydrogens (primary N) is 1. The Morgan fingerprint density at radius 3 is 2.55 bits per heavy atom. The predicted octanol–water partition coefficient (Wildman–Crippen LogP) is 3.34. The number of aryl methyl sites for hydroxylation is 1. The molecule has 0 amide bonds. The van der Waals surface area contributed by atoms with Gasteiger partial charge in [0.05, 0.1) is 15.7 Å². The van der Waals surface area contributed by atoms with Crippen molar-refractivity contribution in [2.24, 2.45) is 0 Å². The van der Waals surface area contributed by atoms with Crippen molar-refractivity contribution in [2.45, 2.75) is 17.6 Å². The van der Waals surface area contributed by atoms with Crippen molar-refractivity contribution >= 4 is 27.1 Å². The first-order valence-corrected chi connectivity index (χ1v) is 7.85. The normalized spacial score (nSPS) is 11.6. The Morgan fingerprint density at radius 2 is 1.90 bits per heavy atom. The number of nitrogen functional groups attached to an aromatic ring is 1. The summed E-state index contributed by atoms with van der Waals surface area (Å²) in [5, 5.41) is 0.124. The molecule has 6 heteroatoms. The topological polar surface area (TPSA) is 60.2 Å². The summed E-state index contributed by atoms with van der Waals surface area (Å²) in [7, 11) is -3.64. The van der Waals surface area contributed by atoms with Crippen molar-refractivity contribution < 1.29 is 12.8 Å². The molecule has 0 radical (unpaired) electrons. The summed E-state index contributed by atoms with van der Waals surface area (Å²) in [6, 6.07) is 8.30. The quantitative estimate of drug-likeness (QED) is 0.884. The average Bonchev–Trinajstić information content (AvgIpc) is 2.35. The molecule has 3 nitrogen and oxygen atoms in total. The Morgan fingerprint density at radius 1 is 1.20 bits per heavy atom. The minimum absolute atomic E-state index is 0.0112. The van der Waals surface area contributed by atoms with Crippen molar-refractivity contribution in [2.75, 3.05) is 5.73 Å². The Hall–Kier alpha value is -1.59. The molecular formula is C14H13ClFNO2S. The second-order valence-electron chi connectivity index (χ2n) is 4.52. The molecule has 106 valence electrons. The van der Waals surface area contributed by atoms with Crippen molar-refractivity contribution in [1.82, 2.24) is 0 Å². The van der Waals surface area contributed by atoms with Gasteiger partial charge in [0.1, 0.15) is 5.82 Å². The lowest BCUT2D eigenvalue weighted by Crippen LogP contribution is -2.07. The van der Waals surface area contributed by atoms with Crippen LogP contribution in [0, 0.1) is 12.7 Å². The molecule has 2 N–H and O–H groups in total. The van der Waals surface area contributed by atoms with Gasteiger partial charge in [-0.15, -0.1) is 0 Å². The van der Waals surface area contributed by atoms with E-state index >= 15 is 0 Å². The monoisotopic (exact) mass is 313 g/mol. The van der Waals surface area contributed by atoms with Crippen LogP contribution in [0.15, 0.2) is 41.3 Å². The van der Waals surface area contributed by atoms with E-state index in [2.05, 4.69) is 0 Å². The first-order valence-electron chi connectivity index (χ1n) is 5.82. The summed E-state index contributed by atoms with van der Waals surface area (Å²) >= 11 is 5.92. The zero-order chi connectivity index (χ0) is 14.9. The number of sulfone groups is 1. The smallest absolute Gasteiger partial charge is 0.184 e. The van der Waals surface area contributed by atoms with Crippen molar-refractivity contribution in [3.05, 3.63) is 58.4 Å². The molecule has 20 heavy (non-hydrogen) atoms. The maximum atomic E-state index is 13.0. The van der Waals surface area contributed by atoms with E-state index in [4.69, 9.17) is 17.3 Å². The molecule has 0 aromatic heterocycles. The maximum Gasteiger partial charge on any atom is 0.184 e. The van der Waals surface area contributed by atoms with Crippen molar-refractivity contribution in [3.63, 3.8) is 0 Å². The highest BCUT2D eigenvalue weighted by molar-refractivity contribution is 7.90. The largest absolute Gasteiger partial charge is 0.399 e. The van der Waals surface area contributed by atoms with Crippen LogP contribution in [-0.2, 0) is 15.6 Å². The van der Waals surface area contributed by atoms with Gasteiger partial charge in [0.15, 0.2) is 9.84 Å². The molecule has 0 aliphatic carbocycles. The zero-order valence-corrected chi connectivity index (χ0v) is 12.3. The Labute approximate surface area is 122 Å². The lowest BCUT2D eigenvalue weighted by molar-refractivity contribution is 0.594. The van der Waals surface area contributed by atoms with Gasteiger partial charge in [-0.25, -0.2) is 12.8 Å². The van der Waals surface area contributed by atoms with Gasteiger partial charge >= 0.3 is 0 Å². The highest BCUT2D eigenvalue weighted by atomic mass is 35.5. The molecule has 0 bridgehead atoms. The van der Waals surface area contributed by atoms with E-state index in [1.807, 2.05) is 0 Å². The number of hydrogen-bond acceptors (Lipinski definition) is 3. The van der Waals surface area contributed by atoms with E-state index in [-0.39, 0.29) is 15.7 Å². The molecule has 0 aliphatic heterocycles. The van der Waals surface area contributed by atoms with E-state index in [0.29, 0.717) is 16.8 Å². The lowest BCUT2D eigenvalue weighted by atomic mass is 10.1. The number of benzene rings is 2. The Balaban J connectivity index is 2.43. The number of rotatable bonds is 3. The standard InChI is InChI=1S/C14H13ClFNO2S/c1-9-6-11(16)3-2-10(9)8-20(18,19)14-7-12(17)4-5-13(14)15/h2-7H,8,17H2,1H3. The summed E-state index contributed by atoms with van der Waals surface area (Å²) in [4.78, 5) is -0.0112. The first kappa shape index (κ1) is 14.8. The second kappa shape index (κ2) is 5.42. The number of halogens is 2. The van der Waals surface area contributed by atoms with Crippen LogP contribution >= 0.6 is 11.6 Å². The SMILES string of the molecule is Cc1cc(F)ccc1CS(=O)(=O)c1cc(N)ccc1Cl. The van der Waals surface area contributed by atoms with E-state index in [0.717, 1.165) is 0 Å². The molecule has 2 aromatic carbocycles. The van der Waals surface area contributed by atoms with Crippen LogP contribution < -0.4 is 5.73 Å². The van der Waals surface area contributed by atoms with Crippen LogP contribution in [0.2, 0.25) is 5.02 Å². The third kappa shape index (κ3) is 3.11. The third-order valence-corrected chi connectivity index (χ3v) is 5.08. The van der Waals surface area contributed by atoms with E-state index in [1.54, 1.807) is 6.92 Å². The zero-order valence-electron chi connectivity index (χ0n) is 10.7. The first-order chi connectivity index (χ1) is 9.29. The van der Waals surface area contributed by atoms with Gasteiger partial charge in [0.25, 0.3) is 0 Å². The van der Waals surface area contributed by atoms with Crippen LogP contribution in [0.3, 0.4) is 0 Å². The summed E-state index contributed by atoms with van der Waals surface area (Å²) in [5.41, 5.74) is 7.03.